The number of rotatable bonds is 22. The van der Waals surface area contributed by atoms with E-state index in [2.05, 4.69) is 5.32 Å². The maximum Gasteiger partial charge on any atom is 0.500 e. The summed E-state index contributed by atoms with van der Waals surface area (Å²) in [5, 5.41) is 21.1. The molecule has 0 spiro atoms. The van der Waals surface area contributed by atoms with Crippen LogP contribution in [0.1, 0.15) is 20.3 Å². The number of hydrogen-bond acceptors (Lipinski definition) is 15. The van der Waals surface area contributed by atoms with Crippen LogP contribution in [0.3, 0.4) is 0 Å². The van der Waals surface area contributed by atoms with Gasteiger partial charge in [0, 0.05) is 39.7 Å². The predicted molar refractivity (Wildman–Crippen MR) is 140 cm³/mol. The van der Waals surface area contributed by atoms with Gasteiger partial charge in [-0.2, -0.15) is 0 Å². The van der Waals surface area contributed by atoms with Crippen molar-refractivity contribution in [3.63, 3.8) is 0 Å². The Kier molecular flexibility index (Phi) is 19.0. The van der Waals surface area contributed by atoms with Crippen molar-refractivity contribution in [3.05, 3.63) is 0 Å². The van der Waals surface area contributed by atoms with E-state index in [4.69, 9.17) is 27.5 Å². The monoisotopic (exact) mass is 622 g/mol. The molecular formula is C21H40NO14S2Si-. The van der Waals surface area contributed by atoms with Crippen LogP contribution in [0.25, 0.3) is 0 Å². The topological polar surface area (TPSA) is 216 Å². The van der Waals surface area contributed by atoms with Gasteiger partial charge in [0.2, 0.25) is 5.91 Å². The number of ether oxygens (including phenoxy) is 3. The average Bonchev–Trinajstić information content (AvgIpc) is 2.88. The van der Waals surface area contributed by atoms with Crippen LogP contribution in [-0.4, -0.2) is 133 Å². The van der Waals surface area contributed by atoms with Crippen molar-refractivity contribution in [2.45, 2.75) is 43.8 Å². The quantitative estimate of drug-likeness (QED) is 0.0542. The fourth-order valence-electron chi connectivity index (χ4n) is 2.79. The Morgan fingerprint density at radius 3 is 2.13 bits per heavy atom. The molecule has 0 rings (SSSR count). The molecule has 0 aromatic heterocycles. The van der Waals surface area contributed by atoms with Crippen molar-refractivity contribution in [1.82, 2.24) is 5.32 Å². The zero-order valence-electron chi connectivity index (χ0n) is 22.8. The number of amides is 1. The van der Waals surface area contributed by atoms with Crippen molar-refractivity contribution in [3.8, 4) is 0 Å². The molecule has 0 aromatic carbocycles. The molecule has 0 heterocycles. The maximum atomic E-state index is 12.2. The summed E-state index contributed by atoms with van der Waals surface area (Å²) in [4.78, 5) is 36.0. The summed E-state index contributed by atoms with van der Waals surface area (Å²) in [5.74, 6) is -3.59. The molecule has 0 fully saturated rings. The van der Waals surface area contributed by atoms with Crippen LogP contribution in [0.15, 0.2) is 0 Å². The van der Waals surface area contributed by atoms with E-state index in [1.165, 1.54) is 28.3 Å². The molecule has 0 saturated heterocycles. The first-order valence-electron chi connectivity index (χ1n) is 11.9. The van der Waals surface area contributed by atoms with Crippen molar-refractivity contribution < 1.29 is 65.1 Å². The summed E-state index contributed by atoms with van der Waals surface area (Å²) >= 11 is 1.10. The van der Waals surface area contributed by atoms with Gasteiger partial charge < -0.3 is 47.6 Å². The summed E-state index contributed by atoms with van der Waals surface area (Å²) < 4.78 is 62.7. The van der Waals surface area contributed by atoms with E-state index in [0.717, 1.165) is 11.8 Å². The summed E-state index contributed by atoms with van der Waals surface area (Å²) in [5.41, 5.74) is 0. The molecule has 15 nitrogen and oxygen atoms in total. The highest BCUT2D eigenvalue weighted by molar-refractivity contribution is 8.00. The number of thioether (sulfide) groups is 1. The zero-order valence-corrected chi connectivity index (χ0v) is 25.4. The van der Waals surface area contributed by atoms with Gasteiger partial charge >= 0.3 is 20.7 Å². The number of hydrogen-bond donors (Lipinski definition) is 3. The second kappa shape index (κ2) is 19.7. The molecule has 3 N–H and O–H groups in total. The Labute approximate surface area is 234 Å². The molecule has 0 radical (unpaired) electrons. The lowest BCUT2D eigenvalue weighted by Gasteiger charge is -2.24. The van der Waals surface area contributed by atoms with Gasteiger partial charge in [0.1, 0.15) is 32.0 Å². The first-order valence-corrected chi connectivity index (χ1v) is 16.5. The van der Waals surface area contributed by atoms with Gasteiger partial charge in [0.25, 0.3) is 0 Å². The Morgan fingerprint density at radius 2 is 1.56 bits per heavy atom. The minimum absolute atomic E-state index is 0.0634. The summed E-state index contributed by atoms with van der Waals surface area (Å²) in [6.07, 6.45) is -2.11. The molecule has 1 amide bonds. The first-order chi connectivity index (χ1) is 18.2. The van der Waals surface area contributed by atoms with Gasteiger partial charge in [-0.1, -0.05) is 6.92 Å². The van der Waals surface area contributed by atoms with Gasteiger partial charge in [-0.25, -0.2) is 8.42 Å². The highest BCUT2D eigenvalue weighted by Crippen LogP contribution is 2.17. The molecule has 4 unspecified atom stereocenters. The molecule has 0 saturated carbocycles. The van der Waals surface area contributed by atoms with Gasteiger partial charge in [-0.15, -0.1) is 11.8 Å². The van der Waals surface area contributed by atoms with Crippen LogP contribution < -0.4 is 5.32 Å². The lowest BCUT2D eigenvalue weighted by atomic mass is 10.2. The van der Waals surface area contributed by atoms with E-state index in [0.29, 0.717) is 19.1 Å². The SMILES string of the molecule is CO[Si](CCCOCC(O)COC(=O)CNC(=O)C(C)SCC(C)C(=O)OCC(O)CS(=O)(=O)[O-])(OC)OC. The van der Waals surface area contributed by atoms with E-state index in [9.17, 15) is 37.6 Å². The average molecular weight is 623 g/mol. The van der Waals surface area contributed by atoms with Gasteiger partial charge in [0.15, 0.2) is 0 Å². The van der Waals surface area contributed by atoms with Crippen LogP contribution in [0.4, 0.5) is 0 Å². The molecule has 0 aliphatic rings. The Hall–Kier alpha value is -1.35. The number of nitrogens with one attached hydrogen (secondary N) is 1. The van der Waals surface area contributed by atoms with E-state index in [-0.39, 0.29) is 19.0 Å². The number of esters is 2. The second-order valence-electron chi connectivity index (χ2n) is 8.41. The van der Waals surface area contributed by atoms with E-state index in [1.807, 2.05) is 0 Å². The second-order valence-corrected chi connectivity index (χ2v) is 14.3. The summed E-state index contributed by atoms with van der Waals surface area (Å²) in [7, 11) is -2.81. The highest BCUT2D eigenvalue weighted by Gasteiger charge is 2.36. The van der Waals surface area contributed by atoms with Crippen LogP contribution in [-0.2, 0) is 52.0 Å². The fourth-order valence-corrected chi connectivity index (χ4v) is 6.00. The van der Waals surface area contributed by atoms with Gasteiger partial charge in [-0.3, -0.25) is 14.4 Å². The van der Waals surface area contributed by atoms with Gasteiger partial charge in [-0.05, 0) is 13.3 Å². The molecule has 0 aliphatic heterocycles. The largest absolute Gasteiger partial charge is 0.748 e. The van der Waals surface area contributed by atoms with Crippen molar-refractivity contribution in [2.75, 3.05) is 65.8 Å². The Bertz CT molecular complexity index is 834. The van der Waals surface area contributed by atoms with Crippen LogP contribution in [0.5, 0.6) is 0 Å². The normalized spacial score (nSPS) is 15.2. The molecule has 39 heavy (non-hydrogen) atoms. The Balaban J connectivity index is 4.11. The molecule has 18 heteroatoms. The Morgan fingerprint density at radius 1 is 0.974 bits per heavy atom. The molecule has 0 bridgehead atoms. The third-order valence-corrected chi connectivity index (χ3v) is 10.1. The van der Waals surface area contributed by atoms with Crippen LogP contribution in [0, 0.1) is 5.92 Å². The third-order valence-electron chi connectivity index (χ3n) is 5.04. The lowest BCUT2D eigenvalue weighted by molar-refractivity contribution is -0.149. The van der Waals surface area contributed by atoms with Crippen LogP contribution >= 0.6 is 11.8 Å². The minimum Gasteiger partial charge on any atom is -0.748 e. The van der Waals surface area contributed by atoms with Crippen molar-refractivity contribution in [2.24, 2.45) is 5.92 Å². The minimum atomic E-state index is -4.66. The van der Waals surface area contributed by atoms with E-state index < -0.39 is 79.0 Å². The van der Waals surface area contributed by atoms with Gasteiger partial charge in [0.05, 0.1) is 33.6 Å². The zero-order chi connectivity index (χ0) is 30.1. The summed E-state index contributed by atoms with van der Waals surface area (Å²) in [6, 6.07) is 0.531. The van der Waals surface area contributed by atoms with Crippen molar-refractivity contribution in [1.29, 1.82) is 0 Å². The summed E-state index contributed by atoms with van der Waals surface area (Å²) in [6.45, 7) is 1.93. The third kappa shape index (κ3) is 17.8. The molecular weight excluding hydrogens is 582 g/mol. The molecule has 0 aliphatic carbocycles. The smallest absolute Gasteiger partial charge is 0.500 e. The lowest BCUT2D eigenvalue weighted by Crippen LogP contribution is -2.42. The number of carbonyl (C=O) groups excluding carboxylic acids is 3. The molecule has 230 valence electrons. The van der Waals surface area contributed by atoms with E-state index in [1.54, 1.807) is 6.92 Å². The number of aliphatic hydroxyl groups excluding tert-OH is 2. The molecule has 0 aromatic rings. The number of carbonyl (C=O) groups is 3. The maximum absolute atomic E-state index is 12.2. The fraction of sp³-hybridized carbons (Fsp3) is 0.857. The highest BCUT2D eigenvalue weighted by atomic mass is 32.2. The predicted octanol–water partition coefficient (Wildman–Crippen LogP) is -1.50. The van der Waals surface area contributed by atoms with Crippen LogP contribution in [0.2, 0.25) is 6.04 Å². The standard InChI is InChI=1S/C21H41NO14S2Si/c1-15(21(27)36-12-18(24)14-38(28,29)30)13-37-16(2)20(26)22-9-19(25)35-11-17(23)10-34-7-6-8-39(31-3,32-4)33-5/h15-18,23-24H,6-14H2,1-5H3,(H,22,26)(H,28,29,30)/p-1. The first kappa shape index (κ1) is 37.6. The van der Waals surface area contributed by atoms with Crippen molar-refractivity contribution >= 4 is 48.5 Å². The van der Waals surface area contributed by atoms with E-state index >= 15 is 0 Å². The number of aliphatic hydroxyl groups is 2. The molecule has 4 atom stereocenters.